The minimum atomic E-state index is -4.37. The summed E-state index contributed by atoms with van der Waals surface area (Å²) in [6.07, 6.45) is -4.37. The highest BCUT2D eigenvalue weighted by Gasteiger charge is 2.31. The lowest BCUT2D eigenvalue weighted by Gasteiger charge is -2.36. The maximum atomic E-state index is 12.9. The van der Waals surface area contributed by atoms with E-state index < -0.39 is 11.7 Å². The number of rotatable bonds is 4. The minimum absolute atomic E-state index is 0.0658. The zero-order valence-electron chi connectivity index (χ0n) is 15.7. The van der Waals surface area contributed by atoms with Crippen molar-refractivity contribution in [3.05, 3.63) is 53.1 Å². The molecule has 4 rings (SSSR count). The molecule has 1 aliphatic rings. The van der Waals surface area contributed by atoms with Gasteiger partial charge in [-0.15, -0.1) is 0 Å². The molecule has 0 spiro atoms. The fourth-order valence-electron chi connectivity index (χ4n) is 3.25. The van der Waals surface area contributed by atoms with Gasteiger partial charge in [0.1, 0.15) is 5.52 Å². The second kappa shape index (κ2) is 8.39. The molecule has 1 fully saturated rings. The second-order valence-electron chi connectivity index (χ2n) is 6.80. The van der Waals surface area contributed by atoms with Gasteiger partial charge in [-0.1, -0.05) is 29.4 Å². The number of benzene rings is 2. The summed E-state index contributed by atoms with van der Waals surface area (Å²) in [7, 11) is 0. The number of carbonyl (C=O) groups excluding carboxylic acids is 1. The number of amides is 1. The maximum absolute atomic E-state index is 12.9. The first kappa shape index (κ1) is 20.9. The molecule has 0 N–H and O–H groups in total. The molecule has 0 atom stereocenters. The van der Waals surface area contributed by atoms with Gasteiger partial charge in [0.15, 0.2) is 5.58 Å². The first-order valence-corrected chi connectivity index (χ1v) is 10.5. The summed E-state index contributed by atoms with van der Waals surface area (Å²) < 4.78 is 44.4. The Morgan fingerprint density at radius 3 is 2.63 bits per heavy atom. The van der Waals surface area contributed by atoms with Crippen LogP contribution < -0.4 is 4.90 Å². The molecule has 1 aromatic heterocycles. The normalized spacial score (nSPS) is 15.1. The topological polar surface area (TPSA) is 49.6 Å². The van der Waals surface area contributed by atoms with Crippen LogP contribution in [-0.2, 0) is 11.0 Å². The van der Waals surface area contributed by atoms with Gasteiger partial charge in [-0.3, -0.25) is 4.79 Å². The van der Waals surface area contributed by atoms with E-state index in [1.165, 1.54) is 17.8 Å². The third-order valence-corrected chi connectivity index (χ3v) is 5.87. The Hall–Kier alpha value is -2.39. The summed E-state index contributed by atoms with van der Waals surface area (Å²) in [5.41, 5.74) is 1.07. The average molecular weight is 456 g/mol. The molecule has 3 aromatic rings. The van der Waals surface area contributed by atoms with E-state index in [2.05, 4.69) is 4.98 Å². The van der Waals surface area contributed by atoms with Gasteiger partial charge < -0.3 is 14.2 Å². The van der Waals surface area contributed by atoms with Gasteiger partial charge in [0, 0.05) is 36.9 Å². The molecule has 2 heterocycles. The van der Waals surface area contributed by atoms with Crippen molar-refractivity contribution < 1.29 is 22.4 Å². The summed E-state index contributed by atoms with van der Waals surface area (Å²) in [5.74, 6) is 0.105. The number of alkyl halides is 3. The number of nitrogens with zero attached hydrogens (tertiary/aromatic N) is 3. The number of fused-ring (bicyclic) bond motifs is 1. The Morgan fingerprint density at radius 1 is 1.13 bits per heavy atom. The largest absolute Gasteiger partial charge is 0.431 e. The molecule has 2 aromatic carbocycles. The Morgan fingerprint density at radius 2 is 1.90 bits per heavy atom. The molecule has 158 valence electrons. The molecular formula is C20H17ClF3N3O2S. The number of carbonyl (C=O) groups is 1. The summed E-state index contributed by atoms with van der Waals surface area (Å²) in [5, 5.41) is 0.949. The van der Waals surface area contributed by atoms with E-state index in [0.717, 1.165) is 12.1 Å². The van der Waals surface area contributed by atoms with Crippen LogP contribution in [0.3, 0.4) is 0 Å². The molecule has 0 bridgehead atoms. The van der Waals surface area contributed by atoms with Crippen molar-refractivity contribution in [2.45, 2.75) is 11.4 Å². The number of hydrogen-bond donors (Lipinski definition) is 0. The fraction of sp³-hybridized carbons (Fsp3) is 0.300. The van der Waals surface area contributed by atoms with E-state index in [-0.39, 0.29) is 11.7 Å². The van der Waals surface area contributed by atoms with E-state index >= 15 is 0 Å². The molecule has 1 aliphatic heterocycles. The Bertz CT molecular complexity index is 1060. The molecular weight excluding hydrogens is 439 g/mol. The van der Waals surface area contributed by atoms with Crippen LogP contribution in [0.1, 0.15) is 5.56 Å². The Balaban J connectivity index is 1.32. The van der Waals surface area contributed by atoms with Crippen LogP contribution in [0.15, 0.2) is 52.1 Å². The van der Waals surface area contributed by atoms with Gasteiger partial charge in [-0.2, -0.15) is 13.2 Å². The number of halogens is 4. The first-order valence-electron chi connectivity index (χ1n) is 9.18. The van der Waals surface area contributed by atoms with E-state index in [0.29, 0.717) is 53.2 Å². The number of aromatic nitrogens is 1. The predicted octanol–water partition coefficient (Wildman–Crippen LogP) is 4.94. The molecule has 1 saturated heterocycles. The number of hydrogen-bond acceptors (Lipinski definition) is 5. The van der Waals surface area contributed by atoms with Gasteiger partial charge in [0.25, 0.3) is 5.22 Å². The van der Waals surface area contributed by atoms with Crippen LogP contribution in [0.25, 0.3) is 11.1 Å². The van der Waals surface area contributed by atoms with Crippen LogP contribution in [0, 0.1) is 0 Å². The smallest absolute Gasteiger partial charge is 0.416 e. The third-order valence-electron chi connectivity index (χ3n) is 4.82. The second-order valence-corrected chi connectivity index (χ2v) is 8.16. The monoisotopic (exact) mass is 455 g/mol. The lowest BCUT2D eigenvalue weighted by molar-refractivity contribution is -0.137. The third kappa shape index (κ3) is 4.67. The van der Waals surface area contributed by atoms with Crippen LogP contribution in [0.2, 0.25) is 5.02 Å². The van der Waals surface area contributed by atoms with Crippen molar-refractivity contribution in [1.29, 1.82) is 0 Å². The number of anilines is 1. The zero-order chi connectivity index (χ0) is 21.3. The van der Waals surface area contributed by atoms with Crippen molar-refractivity contribution in [2.75, 3.05) is 36.8 Å². The highest BCUT2D eigenvalue weighted by atomic mass is 35.5. The molecule has 5 nitrogen and oxygen atoms in total. The summed E-state index contributed by atoms with van der Waals surface area (Å²) >= 11 is 7.14. The molecule has 0 aliphatic carbocycles. The Labute approximate surface area is 179 Å². The maximum Gasteiger partial charge on any atom is 0.416 e. The molecule has 0 saturated carbocycles. The fourth-order valence-corrected chi connectivity index (χ4v) is 4.16. The van der Waals surface area contributed by atoms with E-state index in [1.54, 1.807) is 29.2 Å². The lowest BCUT2D eigenvalue weighted by Crippen LogP contribution is -2.49. The summed E-state index contributed by atoms with van der Waals surface area (Å²) in [4.78, 5) is 20.4. The minimum Gasteiger partial charge on any atom is -0.431 e. The lowest BCUT2D eigenvalue weighted by atomic mass is 10.1. The van der Waals surface area contributed by atoms with Gasteiger partial charge in [-0.05, 0) is 36.4 Å². The highest BCUT2D eigenvalue weighted by molar-refractivity contribution is 7.99. The summed E-state index contributed by atoms with van der Waals surface area (Å²) in [6.45, 7) is 1.83. The van der Waals surface area contributed by atoms with Crippen LogP contribution in [0.5, 0.6) is 0 Å². The van der Waals surface area contributed by atoms with E-state index in [1.807, 2.05) is 4.90 Å². The van der Waals surface area contributed by atoms with Crippen molar-refractivity contribution in [3.63, 3.8) is 0 Å². The standard InChI is InChI=1S/C20H17ClF3N3O2S/c21-14-4-5-17-16(11-14)25-19(29-17)30-12-18(28)27-8-6-26(7-9-27)15-3-1-2-13(10-15)20(22,23)24/h1-5,10-11H,6-9,12H2. The van der Waals surface area contributed by atoms with Gasteiger partial charge in [0.05, 0.1) is 11.3 Å². The van der Waals surface area contributed by atoms with Gasteiger partial charge in [0.2, 0.25) is 5.91 Å². The Kier molecular flexibility index (Phi) is 5.84. The van der Waals surface area contributed by atoms with E-state index in [4.69, 9.17) is 16.0 Å². The SMILES string of the molecule is O=C(CSc1nc2cc(Cl)ccc2o1)N1CCN(c2cccc(C(F)(F)F)c2)CC1. The highest BCUT2D eigenvalue weighted by Crippen LogP contribution is 2.32. The average Bonchev–Trinajstić information content (AvgIpc) is 3.13. The molecule has 0 radical (unpaired) electrons. The quantitative estimate of drug-likeness (QED) is 0.521. The van der Waals surface area contributed by atoms with Crippen molar-refractivity contribution in [3.8, 4) is 0 Å². The molecule has 30 heavy (non-hydrogen) atoms. The zero-order valence-corrected chi connectivity index (χ0v) is 17.2. The first-order chi connectivity index (χ1) is 14.3. The van der Waals surface area contributed by atoms with Crippen LogP contribution in [-0.4, -0.2) is 47.7 Å². The van der Waals surface area contributed by atoms with Gasteiger partial charge >= 0.3 is 6.18 Å². The number of thioether (sulfide) groups is 1. The van der Waals surface area contributed by atoms with Crippen LogP contribution in [0.4, 0.5) is 18.9 Å². The molecule has 10 heteroatoms. The number of piperazine rings is 1. The molecule has 0 unspecified atom stereocenters. The predicted molar refractivity (Wildman–Crippen MR) is 110 cm³/mol. The van der Waals surface area contributed by atoms with Crippen molar-refractivity contribution in [1.82, 2.24) is 9.88 Å². The molecule has 1 amide bonds. The van der Waals surface area contributed by atoms with Crippen molar-refractivity contribution >= 4 is 46.1 Å². The summed E-state index contributed by atoms with van der Waals surface area (Å²) in [6, 6.07) is 10.4. The van der Waals surface area contributed by atoms with E-state index in [9.17, 15) is 18.0 Å². The van der Waals surface area contributed by atoms with Crippen LogP contribution >= 0.6 is 23.4 Å². The van der Waals surface area contributed by atoms with Gasteiger partial charge in [-0.25, -0.2) is 4.98 Å². The van der Waals surface area contributed by atoms with Crippen molar-refractivity contribution in [2.24, 2.45) is 0 Å². The number of oxazole rings is 1.